The third kappa shape index (κ3) is 13.0. The number of carboxylic acid groups (broad SMARTS) is 1. The number of aromatic amines is 1. The Bertz CT molecular complexity index is 2580. The largest absolute Gasteiger partial charge is 0.484 e. The van der Waals surface area contributed by atoms with E-state index in [9.17, 15) is 28.8 Å². The van der Waals surface area contributed by atoms with Gasteiger partial charge in [0.25, 0.3) is 5.91 Å². The van der Waals surface area contributed by atoms with Crippen LogP contribution < -0.4 is 26.0 Å². The van der Waals surface area contributed by atoms with Crippen LogP contribution in [-0.2, 0) is 54.5 Å². The van der Waals surface area contributed by atoms with Crippen LogP contribution in [0.4, 0.5) is 0 Å². The van der Waals surface area contributed by atoms with Gasteiger partial charge < -0.3 is 36.1 Å². The number of carboxylic acids is 1. The van der Waals surface area contributed by atoms with Crippen LogP contribution in [-0.4, -0.2) is 76.7 Å². The highest BCUT2D eigenvalue weighted by atomic mass is 16.5. The van der Waals surface area contributed by atoms with Crippen LogP contribution in [0.3, 0.4) is 0 Å². The minimum absolute atomic E-state index is 0.0540. The van der Waals surface area contributed by atoms with E-state index in [0.717, 1.165) is 44.3 Å². The maximum Gasteiger partial charge on any atom is 0.303 e. The zero-order chi connectivity index (χ0) is 45.5. The molecule has 65 heavy (non-hydrogen) atoms. The molecule has 0 fully saturated rings. The predicted octanol–water partition coefficient (Wildman–Crippen LogP) is 5.90. The number of rotatable bonds is 13. The standard InChI is InChI=1S/C52H53N5O8/c58-47-31-39(50(62)53-27-9-16-49(60)61)28-35-19-24-41(25-20-35)65-33-48(59)55-46(30-40-32-54-43-15-8-7-14-42(40)43)52(64)57-45(51(63)56-44(47)26-21-34-10-3-1-4-11-34)29-36-17-22-38(23-18-36)37-12-5-2-6-13-37/h1-8,10-15,17-20,22-25,32,39,44-46,54H,9,16,21,26-31,33H2,(H,53,62)(H,55,59)(H,56,63)(H,57,64)(H,60,61)/t39-,44-,45+,46-/m0/s1. The molecule has 2 aliphatic rings. The van der Waals surface area contributed by atoms with Gasteiger partial charge in [0.05, 0.1) is 6.04 Å². The highest BCUT2D eigenvalue weighted by molar-refractivity contribution is 5.96. The fourth-order valence-electron chi connectivity index (χ4n) is 8.08. The molecule has 6 N–H and O–H groups in total. The SMILES string of the molecule is O=C(O)CCCNC(=O)[C@@H]1CC(=O)[C@H](CCc2ccccc2)NC(=O)[C@@H](Cc2ccc(-c3ccccc3)cc2)NC(=O)[C@H](Cc2c[nH]c3ccccc23)NC(=O)COc2ccc(cc2)C1. The number of carbonyl (C=O) groups is 6. The van der Waals surface area contributed by atoms with Gasteiger partial charge in [0, 0.05) is 55.2 Å². The molecule has 0 spiro atoms. The van der Waals surface area contributed by atoms with Gasteiger partial charge >= 0.3 is 5.97 Å². The second-order valence-electron chi connectivity index (χ2n) is 16.4. The highest BCUT2D eigenvalue weighted by Gasteiger charge is 2.33. The van der Waals surface area contributed by atoms with E-state index in [-0.39, 0.29) is 57.3 Å². The first kappa shape index (κ1) is 45.5. The zero-order valence-corrected chi connectivity index (χ0v) is 36.0. The van der Waals surface area contributed by atoms with Gasteiger partial charge in [-0.1, -0.05) is 115 Å². The topological polar surface area (TPSA) is 196 Å². The molecule has 0 saturated heterocycles. The second kappa shape index (κ2) is 22.2. The number of ketones is 1. The molecular weight excluding hydrogens is 823 g/mol. The summed E-state index contributed by atoms with van der Waals surface area (Å²) in [7, 11) is 0. The molecule has 0 unspecified atom stereocenters. The van der Waals surface area contributed by atoms with Crippen LogP contribution in [0.5, 0.6) is 5.75 Å². The van der Waals surface area contributed by atoms with Crippen LogP contribution in [0.2, 0.25) is 0 Å². The summed E-state index contributed by atoms with van der Waals surface area (Å²) in [6, 6.07) is 38.1. The number of nitrogens with one attached hydrogen (secondary N) is 5. The number of hydrogen-bond acceptors (Lipinski definition) is 7. The number of carbonyl (C=O) groups excluding carboxylic acids is 5. The molecule has 0 saturated carbocycles. The summed E-state index contributed by atoms with van der Waals surface area (Å²) in [5.74, 6) is -4.06. The molecule has 13 nitrogen and oxygen atoms in total. The third-order valence-corrected chi connectivity index (χ3v) is 11.6. The Balaban J connectivity index is 1.22. The molecule has 2 bridgehead atoms. The van der Waals surface area contributed by atoms with E-state index in [1.807, 2.05) is 109 Å². The van der Waals surface area contributed by atoms with Gasteiger partial charge in [-0.15, -0.1) is 0 Å². The predicted molar refractivity (Wildman–Crippen MR) is 247 cm³/mol. The molecule has 13 heteroatoms. The molecule has 5 aromatic carbocycles. The first-order valence-electron chi connectivity index (χ1n) is 22.0. The molecule has 0 radical (unpaired) electrons. The zero-order valence-electron chi connectivity index (χ0n) is 36.0. The fourth-order valence-corrected chi connectivity index (χ4v) is 8.08. The molecule has 3 heterocycles. The van der Waals surface area contributed by atoms with Crippen molar-refractivity contribution in [3.05, 3.63) is 162 Å². The maximum atomic E-state index is 14.7. The van der Waals surface area contributed by atoms with Gasteiger partial charge in [0.1, 0.15) is 17.8 Å². The number of para-hydroxylation sites is 1. The van der Waals surface area contributed by atoms with Crippen LogP contribution in [0.25, 0.3) is 22.0 Å². The molecule has 2 aliphatic heterocycles. The molecule has 0 aliphatic carbocycles. The van der Waals surface area contributed by atoms with Gasteiger partial charge in [-0.2, -0.15) is 0 Å². The maximum absolute atomic E-state index is 14.7. The van der Waals surface area contributed by atoms with Crippen LogP contribution in [0, 0.1) is 5.92 Å². The van der Waals surface area contributed by atoms with Crippen LogP contribution in [0.1, 0.15) is 47.9 Å². The lowest BCUT2D eigenvalue weighted by molar-refractivity contribution is -0.137. The van der Waals surface area contributed by atoms with Gasteiger partial charge in [-0.3, -0.25) is 28.8 Å². The summed E-state index contributed by atoms with van der Waals surface area (Å²) in [5, 5.41) is 21.6. The Morgan fingerprint density at radius 1 is 0.662 bits per heavy atom. The summed E-state index contributed by atoms with van der Waals surface area (Å²) in [4.78, 5) is 85.6. The first-order valence-corrected chi connectivity index (χ1v) is 22.0. The van der Waals surface area contributed by atoms with E-state index >= 15 is 0 Å². The number of ether oxygens (including phenoxy) is 1. The number of aryl methyl sites for hydroxylation is 1. The average molecular weight is 876 g/mol. The van der Waals surface area contributed by atoms with Crippen molar-refractivity contribution in [1.82, 2.24) is 26.3 Å². The summed E-state index contributed by atoms with van der Waals surface area (Å²) in [6.07, 6.45) is 2.59. The summed E-state index contributed by atoms with van der Waals surface area (Å²) < 4.78 is 5.84. The summed E-state index contributed by atoms with van der Waals surface area (Å²) >= 11 is 0. The van der Waals surface area contributed by atoms with Gasteiger partial charge in [0.15, 0.2) is 12.4 Å². The molecule has 1 aromatic heterocycles. The second-order valence-corrected chi connectivity index (χ2v) is 16.4. The minimum Gasteiger partial charge on any atom is -0.484 e. The van der Waals surface area contributed by atoms with Gasteiger partial charge in [-0.25, -0.2) is 0 Å². The molecule has 4 amide bonds. The molecule has 334 valence electrons. The van der Waals surface area contributed by atoms with Crippen molar-refractivity contribution < 1.29 is 38.6 Å². The highest BCUT2D eigenvalue weighted by Crippen LogP contribution is 2.23. The lowest BCUT2D eigenvalue weighted by Gasteiger charge is -2.26. The fraction of sp³-hybridized carbons (Fsp3) is 0.269. The van der Waals surface area contributed by atoms with E-state index in [4.69, 9.17) is 9.84 Å². The van der Waals surface area contributed by atoms with E-state index in [0.29, 0.717) is 12.2 Å². The van der Waals surface area contributed by atoms with Crippen LogP contribution >= 0.6 is 0 Å². The smallest absolute Gasteiger partial charge is 0.303 e. The van der Waals surface area contributed by atoms with Crippen molar-refractivity contribution in [3.63, 3.8) is 0 Å². The van der Waals surface area contributed by atoms with Crippen molar-refractivity contribution in [2.24, 2.45) is 5.92 Å². The van der Waals surface area contributed by atoms with Gasteiger partial charge in [-0.05, 0) is 77.3 Å². The van der Waals surface area contributed by atoms with Crippen molar-refractivity contribution in [3.8, 4) is 16.9 Å². The number of fused-ring (bicyclic) bond motifs is 17. The van der Waals surface area contributed by atoms with E-state index < -0.39 is 60.2 Å². The Kier molecular flexibility index (Phi) is 15.5. The number of aromatic nitrogens is 1. The molecule has 8 rings (SSSR count). The Morgan fingerprint density at radius 2 is 1.31 bits per heavy atom. The first-order chi connectivity index (χ1) is 31.6. The number of H-pyrrole nitrogens is 1. The van der Waals surface area contributed by atoms with E-state index in [1.165, 1.54) is 0 Å². The number of hydrogen-bond donors (Lipinski definition) is 6. The average Bonchev–Trinajstić information content (AvgIpc) is 3.73. The Labute approximate surface area is 377 Å². The van der Waals surface area contributed by atoms with Crippen molar-refractivity contribution in [1.29, 1.82) is 0 Å². The molecule has 4 atom stereocenters. The monoisotopic (exact) mass is 875 g/mol. The molecule has 6 aromatic rings. The van der Waals surface area contributed by atoms with Crippen molar-refractivity contribution >= 4 is 46.3 Å². The quantitative estimate of drug-likeness (QED) is 0.0610. The normalized spacial score (nSPS) is 18.6. The number of Topliss-reactive ketones (excluding diaryl/α,β-unsaturated/α-hetero) is 1. The molecular formula is C52H53N5O8. The lowest BCUT2D eigenvalue weighted by Crippen LogP contribution is -2.57. The number of amides is 4. The van der Waals surface area contributed by atoms with Gasteiger partial charge in [0.2, 0.25) is 17.7 Å². The van der Waals surface area contributed by atoms with E-state index in [2.05, 4.69) is 26.3 Å². The van der Waals surface area contributed by atoms with E-state index in [1.54, 1.807) is 30.5 Å². The number of aliphatic carboxylic acids is 1. The third-order valence-electron chi connectivity index (χ3n) is 11.6. The van der Waals surface area contributed by atoms with Crippen molar-refractivity contribution in [2.45, 2.75) is 69.5 Å². The summed E-state index contributed by atoms with van der Waals surface area (Å²) in [6.45, 7) is -0.304. The Morgan fingerprint density at radius 3 is 2.03 bits per heavy atom. The number of benzene rings is 5. The lowest BCUT2D eigenvalue weighted by atomic mass is 9.89. The minimum atomic E-state index is -1.19. The summed E-state index contributed by atoms with van der Waals surface area (Å²) in [5.41, 5.74) is 6.02. The van der Waals surface area contributed by atoms with Crippen molar-refractivity contribution in [2.75, 3.05) is 13.2 Å². The Hall–Kier alpha value is -7.54. The van der Waals surface area contributed by atoms with Crippen LogP contribution in [0.15, 0.2) is 140 Å².